The second-order valence-corrected chi connectivity index (χ2v) is 14.6. The Labute approximate surface area is 291 Å². The Bertz CT molecular complexity index is 2730. The zero-order chi connectivity index (χ0) is 37.6. The topological polar surface area (TPSA) is 0 Å². The van der Waals surface area contributed by atoms with Gasteiger partial charge in [-0.15, -0.1) is 45.3 Å². The molecular weight excluding hydrogens is 817 g/mol. The van der Waals surface area contributed by atoms with E-state index < -0.39 is 165 Å². The first-order chi connectivity index (χ1) is 24.5. The predicted molar refractivity (Wildman–Crippen MR) is 164 cm³/mol. The molecular formula is C32H2F16S4. The van der Waals surface area contributed by atoms with E-state index in [0.717, 1.165) is 0 Å². The van der Waals surface area contributed by atoms with Crippen LogP contribution in [-0.4, -0.2) is 0 Å². The molecule has 8 aromatic rings. The summed E-state index contributed by atoms with van der Waals surface area (Å²) < 4.78 is 238. The van der Waals surface area contributed by atoms with Gasteiger partial charge in [0.25, 0.3) is 0 Å². The Hall–Kier alpha value is -4.40. The maximum atomic E-state index is 15.7. The lowest BCUT2D eigenvalue weighted by molar-refractivity contribution is 0.418. The SMILES string of the molecule is Fc1c(F)c(F)c2c(-c3sc(-c4sc(-c5scc6c(F)c(F)c(F)c(F)c56)c5c(F)c(F)c(F)c(F)c45)c4c(F)c(F)c(F)c(F)c34)scc2c1F. The van der Waals surface area contributed by atoms with Crippen LogP contribution in [0.1, 0.15) is 0 Å². The molecule has 0 aliphatic heterocycles. The highest BCUT2D eigenvalue weighted by Gasteiger charge is 2.36. The minimum absolute atomic E-state index is 0.0109. The van der Waals surface area contributed by atoms with Crippen molar-refractivity contribution >= 4 is 88.4 Å². The van der Waals surface area contributed by atoms with E-state index in [1.807, 2.05) is 0 Å². The standard InChI is InChI=1S/C32H2F16S4/c33-11-3-1-49-27(5(3)13(35)21(43)19(11)41)29-7-9(17(39)25(47)23(45)15(7)37)31(51-29)32-10-8(16(38)24(46)26(48)18(10)40)30(52-32)28-6-4(2-50-28)12(34)20(42)22(44)14(6)36/h1-2H. The lowest BCUT2D eigenvalue weighted by Gasteiger charge is -2.06. The molecule has 0 saturated carbocycles. The molecule has 0 aliphatic carbocycles. The molecule has 0 radical (unpaired) electrons. The second-order valence-electron chi connectivity index (χ2n) is 10.8. The van der Waals surface area contributed by atoms with Crippen molar-refractivity contribution in [3.05, 3.63) is 104 Å². The van der Waals surface area contributed by atoms with Crippen LogP contribution >= 0.6 is 45.3 Å². The van der Waals surface area contributed by atoms with Crippen LogP contribution in [0, 0.1) is 93.1 Å². The molecule has 4 heterocycles. The van der Waals surface area contributed by atoms with Gasteiger partial charge in [-0.25, -0.2) is 70.2 Å². The third-order valence-electron chi connectivity index (χ3n) is 8.12. The van der Waals surface area contributed by atoms with Crippen molar-refractivity contribution < 1.29 is 70.2 Å². The number of fused-ring (bicyclic) bond motifs is 4. The van der Waals surface area contributed by atoms with Crippen LogP contribution in [0.2, 0.25) is 0 Å². The normalized spacial score (nSPS) is 12.2. The summed E-state index contributed by atoms with van der Waals surface area (Å²) in [5.74, 6) is -36.1. The molecule has 266 valence electrons. The number of halogens is 16. The van der Waals surface area contributed by atoms with Crippen LogP contribution in [0.4, 0.5) is 70.2 Å². The van der Waals surface area contributed by atoms with Gasteiger partial charge in [0, 0.05) is 53.8 Å². The van der Waals surface area contributed by atoms with Gasteiger partial charge >= 0.3 is 0 Å². The van der Waals surface area contributed by atoms with E-state index >= 15 is 26.3 Å². The average Bonchev–Trinajstić information content (AvgIpc) is 3.93. The zero-order valence-corrected chi connectivity index (χ0v) is 27.1. The Morgan fingerprint density at radius 2 is 0.442 bits per heavy atom. The van der Waals surface area contributed by atoms with Crippen molar-refractivity contribution in [2.75, 3.05) is 0 Å². The molecule has 8 rings (SSSR count). The molecule has 0 unspecified atom stereocenters. The van der Waals surface area contributed by atoms with Crippen molar-refractivity contribution in [1.29, 1.82) is 0 Å². The van der Waals surface area contributed by atoms with Crippen LogP contribution in [-0.2, 0) is 0 Å². The minimum atomic E-state index is -2.50. The summed E-state index contributed by atoms with van der Waals surface area (Å²) in [6, 6.07) is 0. The first kappa shape index (κ1) is 34.7. The van der Waals surface area contributed by atoms with Crippen LogP contribution in [0.3, 0.4) is 0 Å². The molecule has 0 bridgehead atoms. The van der Waals surface area contributed by atoms with Gasteiger partial charge in [0.05, 0.1) is 29.3 Å². The fraction of sp³-hybridized carbons (Fsp3) is 0. The quantitative estimate of drug-likeness (QED) is 0.0946. The molecule has 0 N–H and O–H groups in total. The highest BCUT2D eigenvalue weighted by atomic mass is 32.1. The van der Waals surface area contributed by atoms with E-state index in [1.54, 1.807) is 0 Å². The summed E-state index contributed by atoms with van der Waals surface area (Å²) in [7, 11) is 0. The summed E-state index contributed by atoms with van der Waals surface area (Å²) in [5.41, 5.74) is 0. The Morgan fingerprint density at radius 1 is 0.231 bits per heavy atom. The van der Waals surface area contributed by atoms with Crippen LogP contribution in [0.15, 0.2) is 10.8 Å². The van der Waals surface area contributed by atoms with Crippen molar-refractivity contribution in [1.82, 2.24) is 0 Å². The van der Waals surface area contributed by atoms with E-state index in [-0.39, 0.29) is 45.3 Å². The van der Waals surface area contributed by atoms with E-state index in [4.69, 9.17) is 0 Å². The van der Waals surface area contributed by atoms with Crippen molar-refractivity contribution in [3.8, 4) is 29.3 Å². The lowest BCUT2D eigenvalue weighted by Crippen LogP contribution is -1.99. The summed E-state index contributed by atoms with van der Waals surface area (Å²) in [5, 5.41) is -7.92. The summed E-state index contributed by atoms with van der Waals surface area (Å²) >= 11 is 0.465. The summed E-state index contributed by atoms with van der Waals surface area (Å²) in [6.07, 6.45) is 0. The highest BCUT2D eigenvalue weighted by molar-refractivity contribution is 7.31. The fourth-order valence-corrected chi connectivity index (χ4v) is 10.9. The maximum Gasteiger partial charge on any atom is 0.198 e. The van der Waals surface area contributed by atoms with E-state index in [9.17, 15) is 43.9 Å². The Kier molecular flexibility index (Phi) is 7.70. The van der Waals surface area contributed by atoms with Gasteiger partial charge in [0.1, 0.15) is 0 Å². The van der Waals surface area contributed by atoms with Crippen LogP contribution < -0.4 is 0 Å². The number of hydrogen-bond acceptors (Lipinski definition) is 4. The predicted octanol–water partition coefficient (Wildman–Crippen LogP) is 13.8. The molecule has 0 atom stereocenters. The first-order valence-electron chi connectivity index (χ1n) is 13.5. The molecule has 0 aliphatic rings. The van der Waals surface area contributed by atoms with Gasteiger partial charge in [-0.05, 0) is 0 Å². The second kappa shape index (κ2) is 11.5. The van der Waals surface area contributed by atoms with E-state index in [1.165, 1.54) is 0 Å². The lowest BCUT2D eigenvalue weighted by atomic mass is 10.0. The van der Waals surface area contributed by atoms with E-state index in [0.29, 0.717) is 10.8 Å². The summed E-state index contributed by atoms with van der Waals surface area (Å²) in [4.78, 5) is -5.13. The minimum Gasteiger partial charge on any atom is -0.203 e. The maximum absolute atomic E-state index is 15.7. The number of thiophene rings is 4. The first-order valence-corrected chi connectivity index (χ1v) is 16.9. The van der Waals surface area contributed by atoms with E-state index in [2.05, 4.69) is 0 Å². The number of rotatable bonds is 3. The van der Waals surface area contributed by atoms with Gasteiger partial charge in [-0.2, -0.15) is 0 Å². The third-order valence-corrected chi connectivity index (χ3v) is 13.0. The fourth-order valence-electron chi connectivity index (χ4n) is 5.81. The molecule has 0 nitrogen and oxygen atoms in total. The molecule has 0 fully saturated rings. The van der Waals surface area contributed by atoms with Gasteiger partial charge in [-0.3, -0.25) is 0 Å². The molecule has 4 aromatic heterocycles. The molecule has 20 heteroatoms. The zero-order valence-electron chi connectivity index (χ0n) is 23.8. The van der Waals surface area contributed by atoms with Crippen LogP contribution in [0.25, 0.3) is 72.4 Å². The molecule has 0 saturated heterocycles. The molecule has 4 aromatic carbocycles. The largest absolute Gasteiger partial charge is 0.203 e. The monoisotopic (exact) mass is 818 g/mol. The van der Waals surface area contributed by atoms with Crippen molar-refractivity contribution in [2.24, 2.45) is 0 Å². The smallest absolute Gasteiger partial charge is 0.198 e. The van der Waals surface area contributed by atoms with Crippen molar-refractivity contribution in [2.45, 2.75) is 0 Å². The van der Waals surface area contributed by atoms with Crippen molar-refractivity contribution in [3.63, 3.8) is 0 Å². The van der Waals surface area contributed by atoms with Gasteiger partial charge in [0.2, 0.25) is 0 Å². The van der Waals surface area contributed by atoms with Gasteiger partial charge in [-0.1, -0.05) is 0 Å². The highest BCUT2D eigenvalue weighted by Crippen LogP contribution is 2.57. The molecule has 0 amide bonds. The molecule has 0 spiro atoms. The average molecular weight is 819 g/mol. The van der Waals surface area contributed by atoms with Gasteiger partial charge < -0.3 is 0 Å². The number of benzene rings is 4. The third kappa shape index (κ3) is 4.28. The van der Waals surface area contributed by atoms with Crippen LogP contribution in [0.5, 0.6) is 0 Å². The molecule has 52 heavy (non-hydrogen) atoms. The number of hydrogen-bond donors (Lipinski definition) is 0. The summed E-state index contributed by atoms with van der Waals surface area (Å²) in [6.45, 7) is 0. The Balaban J connectivity index is 1.57. The van der Waals surface area contributed by atoms with Gasteiger partial charge in [0.15, 0.2) is 93.1 Å². The Morgan fingerprint density at radius 3 is 0.712 bits per heavy atom.